The Kier molecular flexibility index (Phi) is 3.82. The Balaban J connectivity index is 3.66. The number of ether oxygens (including phenoxy) is 1. The Labute approximate surface area is 76.8 Å². The van der Waals surface area contributed by atoms with Gasteiger partial charge in [-0.15, -0.1) is 0 Å². The molecule has 0 aromatic heterocycles. The Bertz CT molecular complexity index is 125. The summed E-state index contributed by atoms with van der Waals surface area (Å²) in [6.07, 6.45) is 4.96. The summed E-state index contributed by atoms with van der Waals surface area (Å²) in [5.74, 6) is 0. The predicted molar refractivity (Wildman–Crippen MR) is 54.1 cm³/mol. The van der Waals surface area contributed by atoms with Crippen molar-refractivity contribution in [1.82, 2.24) is 0 Å². The zero-order valence-electron chi connectivity index (χ0n) is 9.27. The first-order valence-corrected chi connectivity index (χ1v) is 4.53. The molecule has 0 spiro atoms. The highest BCUT2D eigenvalue weighted by Crippen LogP contribution is 2.19. The largest absolute Gasteiger partial charge is 0.496 e. The first kappa shape index (κ1) is 11.5. The molecule has 0 aromatic carbocycles. The molecule has 0 saturated carbocycles. The van der Waals surface area contributed by atoms with Crippen molar-refractivity contribution in [1.29, 1.82) is 0 Å². The van der Waals surface area contributed by atoms with E-state index >= 15 is 0 Å². The summed E-state index contributed by atoms with van der Waals surface area (Å²) in [6.45, 7) is 12.8. The van der Waals surface area contributed by atoms with Crippen LogP contribution in [-0.4, -0.2) is 5.60 Å². The Hall–Kier alpha value is -0.460. The third-order valence-electron chi connectivity index (χ3n) is 1.25. The summed E-state index contributed by atoms with van der Waals surface area (Å²) < 4.78 is 5.44. The molecule has 0 heterocycles. The maximum atomic E-state index is 5.44. The summed E-state index contributed by atoms with van der Waals surface area (Å²) in [5, 5.41) is 0. The molecule has 0 unspecified atom stereocenters. The van der Waals surface area contributed by atoms with Gasteiger partial charge in [0.1, 0.15) is 0 Å². The van der Waals surface area contributed by atoms with E-state index in [1.165, 1.54) is 0 Å². The molecule has 0 aliphatic rings. The fourth-order valence-electron chi connectivity index (χ4n) is 0.654. The zero-order chi connectivity index (χ0) is 9.83. The van der Waals surface area contributed by atoms with E-state index in [4.69, 9.17) is 4.74 Å². The summed E-state index contributed by atoms with van der Waals surface area (Å²) in [5.41, 5.74) is 0.298. The lowest BCUT2D eigenvalue weighted by atomic mass is 9.92. The van der Waals surface area contributed by atoms with Crippen molar-refractivity contribution in [2.45, 2.75) is 53.6 Å². The van der Waals surface area contributed by atoms with Crippen LogP contribution in [0.5, 0.6) is 0 Å². The van der Waals surface area contributed by atoms with Crippen LogP contribution < -0.4 is 0 Å². The molecule has 12 heavy (non-hydrogen) atoms. The molecule has 0 atom stereocenters. The van der Waals surface area contributed by atoms with Gasteiger partial charge < -0.3 is 4.74 Å². The fourth-order valence-corrected chi connectivity index (χ4v) is 0.654. The summed E-state index contributed by atoms with van der Waals surface area (Å²) in [7, 11) is 0. The second-order valence-corrected chi connectivity index (χ2v) is 5.37. The lowest BCUT2D eigenvalue weighted by molar-refractivity contribution is 0.0757. The maximum absolute atomic E-state index is 5.44. The molecule has 0 aliphatic heterocycles. The van der Waals surface area contributed by atoms with E-state index < -0.39 is 0 Å². The number of hydrogen-bond acceptors (Lipinski definition) is 1. The molecule has 0 bridgehead atoms. The van der Waals surface area contributed by atoms with Gasteiger partial charge in [-0.1, -0.05) is 20.8 Å². The average Bonchev–Trinajstić information content (AvgIpc) is 1.76. The van der Waals surface area contributed by atoms with Crippen molar-refractivity contribution in [3.63, 3.8) is 0 Å². The number of hydrogen-bond donors (Lipinski definition) is 0. The van der Waals surface area contributed by atoms with Gasteiger partial charge >= 0.3 is 0 Å². The molecule has 0 saturated heterocycles. The Morgan fingerprint density at radius 1 is 1.00 bits per heavy atom. The van der Waals surface area contributed by atoms with Crippen molar-refractivity contribution in [2.24, 2.45) is 5.41 Å². The second-order valence-electron chi connectivity index (χ2n) is 5.37. The molecule has 0 amide bonds. The maximum Gasteiger partial charge on any atom is 0.0998 e. The summed E-state index contributed by atoms with van der Waals surface area (Å²) >= 11 is 0. The van der Waals surface area contributed by atoms with Crippen molar-refractivity contribution in [3.05, 3.63) is 12.3 Å². The van der Waals surface area contributed by atoms with Crippen LogP contribution in [0.15, 0.2) is 12.3 Å². The van der Waals surface area contributed by atoms with E-state index in [0.29, 0.717) is 5.41 Å². The number of allylic oxidation sites excluding steroid dienone is 1. The highest BCUT2D eigenvalue weighted by molar-refractivity contribution is 4.81. The molecule has 0 rings (SSSR count). The Morgan fingerprint density at radius 2 is 1.50 bits per heavy atom. The molecule has 0 radical (unpaired) electrons. The van der Waals surface area contributed by atoms with Gasteiger partial charge in [0.25, 0.3) is 0 Å². The molecule has 0 aromatic rings. The van der Waals surface area contributed by atoms with Crippen LogP contribution in [-0.2, 0) is 4.74 Å². The molecular weight excluding hydrogens is 148 g/mol. The van der Waals surface area contributed by atoms with Crippen LogP contribution in [0.2, 0.25) is 0 Å². The number of rotatable bonds is 2. The lowest BCUT2D eigenvalue weighted by Crippen LogP contribution is -2.15. The van der Waals surface area contributed by atoms with Gasteiger partial charge in [-0.25, -0.2) is 0 Å². The monoisotopic (exact) mass is 170 g/mol. The van der Waals surface area contributed by atoms with Crippen molar-refractivity contribution in [2.75, 3.05) is 0 Å². The molecule has 0 fully saturated rings. The van der Waals surface area contributed by atoms with Gasteiger partial charge in [0.05, 0.1) is 11.9 Å². The standard InChI is InChI=1S/C11H22O/c1-10(2,3)8-7-9-12-11(4,5)6/h7,9H,8H2,1-6H3. The topological polar surface area (TPSA) is 9.23 Å². The van der Waals surface area contributed by atoms with Gasteiger partial charge in [-0.05, 0) is 38.7 Å². The molecule has 0 aliphatic carbocycles. The van der Waals surface area contributed by atoms with Gasteiger partial charge in [-0.2, -0.15) is 0 Å². The minimum absolute atomic E-state index is 0.0611. The molecule has 72 valence electrons. The van der Waals surface area contributed by atoms with E-state index in [9.17, 15) is 0 Å². The van der Waals surface area contributed by atoms with E-state index in [-0.39, 0.29) is 5.60 Å². The van der Waals surface area contributed by atoms with Gasteiger partial charge in [0.2, 0.25) is 0 Å². The van der Waals surface area contributed by atoms with E-state index in [1.54, 1.807) is 0 Å². The SMILES string of the molecule is CC(C)(C)CC=COC(C)(C)C. The van der Waals surface area contributed by atoms with Crippen LogP contribution in [0.1, 0.15) is 48.0 Å². The predicted octanol–water partition coefficient (Wildman–Crippen LogP) is 3.75. The van der Waals surface area contributed by atoms with Crippen LogP contribution in [0.25, 0.3) is 0 Å². The first-order chi connectivity index (χ1) is 5.21. The average molecular weight is 170 g/mol. The molecule has 1 heteroatoms. The van der Waals surface area contributed by atoms with Crippen LogP contribution in [0.4, 0.5) is 0 Å². The van der Waals surface area contributed by atoms with Crippen molar-refractivity contribution < 1.29 is 4.74 Å². The normalized spacial score (nSPS) is 13.8. The molecule has 1 nitrogen and oxygen atoms in total. The van der Waals surface area contributed by atoms with Crippen LogP contribution in [0.3, 0.4) is 0 Å². The van der Waals surface area contributed by atoms with Gasteiger partial charge in [0, 0.05) is 0 Å². The minimum atomic E-state index is -0.0611. The van der Waals surface area contributed by atoms with E-state index in [2.05, 4.69) is 47.6 Å². The second kappa shape index (κ2) is 3.97. The lowest BCUT2D eigenvalue weighted by Gasteiger charge is -2.19. The van der Waals surface area contributed by atoms with E-state index in [1.807, 2.05) is 6.26 Å². The van der Waals surface area contributed by atoms with Crippen molar-refractivity contribution >= 4 is 0 Å². The minimum Gasteiger partial charge on any atom is -0.496 e. The third kappa shape index (κ3) is 9.54. The van der Waals surface area contributed by atoms with Crippen LogP contribution in [0, 0.1) is 5.41 Å². The summed E-state index contributed by atoms with van der Waals surface area (Å²) in [6, 6.07) is 0. The van der Waals surface area contributed by atoms with E-state index in [0.717, 1.165) is 6.42 Å². The summed E-state index contributed by atoms with van der Waals surface area (Å²) in [4.78, 5) is 0. The smallest absolute Gasteiger partial charge is 0.0998 e. The van der Waals surface area contributed by atoms with Crippen molar-refractivity contribution in [3.8, 4) is 0 Å². The van der Waals surface area contributed by atoms with Crippen LogP contribution >= 0.6 is 0 Å². The molecule has 0 N–H and O–H groups in total. The highest BCUT2D eigenvalue weighted by Gasteiger charge is 2.09. The third-order valence-corrected chi connectivity index (χ3v) is 1.25. The van der Waals surface area contributed by atoms with Gasteiger partial charge in [-0.3, -0.25) is 0 Å². The Morgan fingerprint density at radius 3 is 1.83 bits per heavy atom. The zero-order valence-corrected chi connectivity index (χ0v) is 9.27. The van der Waals surface area contributed by atoms with Gasteiger partial charge in [0.15, 0.2) is 0 Å². The first-order valence-electron chi connectivity index (χ1n) is 4.53. The molecular formula is C11H22O. The fraction of sp³-hybridized carbons (Fsp3) is 0.818. The quantitative estimate of drug-likeness (QED) is 0.573. The highest BCUT2D eigenvalue weighted by atomic mass is 16.5.